The van der Waals surface area contributed by atoms with Crippen LogP contribution in [0.1, 0.15) is 21.0 Å². The van der Waals surface area contributed by atoms with Crippen LogP contribution in [0.2, 0.25) is 5.02 Å². The highest BCUT2D eigenvalue weighted by Gasteiger charge is 2.19. The number of hydrogen-bond acceptors (Lipinski definition) is 3. The highest BCUT2D eigenvalue weighted by Crippen LogP contribution is 2.19. The zero-order valence-electron chi connectivity index (χ0n) is 7.72. The van der Waals surface area contributed by atoms with Crippen LogP contribution in [0.25, 0.3) is 5.65 Å². The summed E-state index contributed by atoms with van der Waals surface area (Å²) in [6.07, 6.45) is 1.08. The van der Waals surface area contributed by atoms with Gasteiger partial charge in [0.1, 0.15) is 5.65 Å². The molecule has 82 valence electrons. The van der Waals surface area contributed by atoms with Crippen LogP contribution in [-0.2, 0) is 0 Å². The van der Waals surface area contributed by atoms with Gasteiger partial charge < -0.3 is 10.2 Å². The molecular formula is C9H5ClN2O4. The standard InChI is InChI=1S/C9H5ClN2O4/c10-4-1-2-6-11-3-5(8(13)14)12(6)7(4)9(15)16/h1-3H,(H,13,14)(H,15,16). The van der Waals surface area contributed by atoms with E-state index >= 15 is 0 Å². The molecule has 0 amide bonds. The Morgan fingerprint density at radius 3 is 2.50 bits per heavy atom. The van der Waals surface area contributed by atoms with Crippen molar-refractivity contribution in [3.05, 3.63) is 34.7 Å². The first-order chi connectivity index (χ1) is 7.52. The number of aromatic carboxylic acids is 2. The lowest BCUT2D eigenvalue weighted by Gasteiger charge is -2.04. The summed E-state index contributed by atoms with van der Waals surface area (Å²) >= 11 is 5.71. The second-order valence-electron chi connectivity index (χ2n) is 2.98. The molecule has 0 saturated carbocycles. The van der Waals surface area contributed by atoms with Gasteiger partial charge in [-0.15, -0.1) is 0 Å². The van der Waals surface area contributed by atoms with Crippen LogP contribution >= 0.6 is 11.6 Å². The Morgan fingerprint density at radius 2 is 1.94 bits per heavy atom. The van der Waals surface area contributed by atoms with Crippen molar-refractivity contribution in [1.29, 1.82) is 0 Å². The maximum atomic E-state index is 11.0. The SMILES string of the molecule is O=C(O)c1cnc2ccc(Cl)c(C(=O)O)n12. The maximum Gasteiger partial charge on any atom is 0.354 e. The number of fused-ring (bicyclic) bond motifs is 1. The molecule has 0 aliphatic heterocycles. The molecule has 0 aliphatic rings. The van der Waals surface area contributed by atoms with Crippen LogP contribution in [-0.4, -0.2) is 31.5 Å². The van der Waals surface area contributed by atoms with Crippen LogP contribution in [0.5, 0.6) is 0 Å². The van der Waals surface area contributed by atoms with Gasteiger partial charge in [-0.3, -0.25) is 4.40 Å². The van der Waals surface area contributed by atoms with Gasteiger partial charge in [0.15, 0.2) is 11.4 Å². The van der Waals surface area contributed by atoms with Crippen LogP contribution in [0.3, 0.4) is 0 Å². The van der Waals surface area contributed by atoms with E-state index in [0.29, 0.717) is 0 Å². The Bertz CT molecular complexity index is 605. The zero-order valence-corrected chi connectivity index (χ0v) is 8.47. The minimum atomic E-state index is -1.31. The van der Waals surface area contributed by atoms with Gasteiger partial charge in [0.25, 0.3) is 0 Å². The van der Waals surface area contributed by atoms with E-state index in [-0.39, 0.29) is 22.1 Å². The van der Waals surface area contributed by atoms with E-state index in [1.165, 1.54) is 12.1 Å². The lowest BCUT2D eigenvalue weighted by atomic mass is 10.3. The minimum Gasteiger partial charge on any atom is -0.477 e. The summed E-state index contributed by atoms with van der Waals surface area (Å²) in [4.78, 5) is 25.6. The highest BCUT2D eigenvalue weighted by molar-refractivity contribution is 6.33. The molecule has 0 aromatic carbocycles. The molecule has 0 saturated heterocycles. The summed E-state index contributed by atoms with van der Waals surface area (Å²) < 4.78 is 0.993. The van der Waals surface area contributed by atoms with Crippen molar-refractivity contribution >= 4 is 29.2 Å². The van der Waals surface area contributed by atoms with E-state index in [0.717, 1.165) is 10.6 Å². The lowest BCUT2D eigenvalue weighted by Crippen LogP contribution is -2.11. The molecule has 2 aromatic rings. The van der Waals surface area contributed by atoms with Crippen LogP contribution in [0.4, 0.5) is 0 Å². The third-order valence-corrected chi connectivity index (χ3v) is 2.34. The predicted octanol–water partition coefficient (Wildman–Crippen LogP) is 1.38. The van der Waals surface area contributed by atoms with E-state index in [9.17, 15) is 9.59 Å². The number of imidazole rings is 1. The summed E-state index contributed by atoms with van der Waals surface area (Å²) in [5.74, 6) is -2.58. The Labute approximate surface area is 93.7 Å². The fraction of sp³-hybridized carbons (Fsp3) is 0. The number of carbonyl (C=O) groups is 2. The van der Waals surface area contributed by atoms with Crippen LogP contribution in [0, 0.1) is 0 Å². The monoisotopic (exact) mass is 240 g/mol. The molecule has 0 bridgehead atoms. The largest absolute Gasteiger partial charge is 0.477 e. The number of hydrogen-bond donors (Lipinski definition) is 2. The quantitative estimate of drug-likeness (QED) is 0.827. The van der Waals surface area contributed by atoms with Crippen molar-refractivity contribution in [2.45, 2.75) is 0 Å². The number of pyridine rings is 1. The van der Waals surface area contributed by atoms with E-state index in [4.69, 9.17) is 21.8 Å². The Kier molecular flexibility index (Phi) is 2.28. The first-order valence-corrected chi connectivity index (χ1v) is 4.52. The van der Waals surface area contributed by atoms with Gasteiger partial charge in [-0.05, 0) is 12.1 Å². The second kappa shape index (κ2) is 3.49. The van der Waals surface area contributed by atoms with Gasteiger partial charge in [-0.25, -0.2) is 14.6 Å². The number of carboxylic acids is 2. The van der Waals surface area contributed by atoms with Gasteiger partial charge in [-0.2, -0.15) is 0 Å². The van der Waals surface area contributed by atoms with Gasteiger partial charge in [0.05, 0.1) is 11.2 Å². The van der Waals surface area contributed by atoms with Crippen LogP contribution < -0.4 is 0 Å². The molecule has 0 atom stereocenters. The lowest BCUT2D eigenvalue weighted by molar-refractivity contribution is 0.0683. The van der Waals surface area contributed by atoms with Gasteiger partial charge in [0, 0.05) is 0 Å². The third kappa shape index (κ3) is 1.40. The van der Waals surface area contributed by atoms with E-state index in [1.54, 1.807) is 0 Å². The molecule has 16 heavy (non-hydrogen) atoms. The molecule has 2 rings (SSSR count). The number of halogens is 1. The molecule has 0 aliphatic carbocycles. The van der Waals surface area contributed by atoms with E-state index in [1.807, 2.05) is 0 Å². The third-order valence-electron chi connectivity index (χ3n) is 2.04. The molecule has 0 fully saturated rings. The maximum absolute atomic E-state index is 11.0. The van der Waals surface area contributed by atoms with Crippen molar-refractivity contribution in [2.24, 2.45) is 0 Å². The number of nitrogens with zero attached hydrogens (tertiary/aromatic N) is 2. The van der Waals surface area contributed by atoms with E-state index < -0.39 is 11.9 Å². The topological polar surface area (TPSA) is 91.9 Å². The van der Waals surface area contributed by atoms with Gasteiger partial charge in [-0.1, -0.05) is 11.6 Å². The van der Waals surface area contributed by atoms with E-state index in [2.05, 4.69) is 4.98 Å². The number of rotatable bonds is 2. The summed E-state index contributed by atoms with van der Waals surface area (Å²) in [7, 11) is 0. The molecule has 7 heteroatoms. The van der Waals surface area contributed by atoms with Crippen molar-refractivity contribution in [3.8, 4) is 0 Å². The molecule has 0 unspecified atom stereocenters. The van der Waals surface area contributed by atoms with Crippen molar-refractivity contribution in [1.82, 2.24) is 9.38 Å². The molecule has 0 radical (unpaired) electrons. The van der Waals surface area contributed by atoms with Crippen molar-refractivity contribution < 1.29 is 19.8 Å². The summed E-state index contributed by atoms with van der Waals surface area (Å²) in [5, 5.41) is 17.8. The highest BCUT2D eigenvalue weighted by atomic mass is 35.5. The Morgan fingerprint density at radius 1 is 1.25 bits per heavy atom. The Hall–Kier alpha value is -2.08. The summed E-state index contributed by atoms with van der Waals surface area (Å²) in [6.45, 7) is 0. The molecule has 2 heterocycles. The first-order valence-electron chi connectivity index (χ1n) is 4.15. The summed E-state index contributed by atoms with van der Waals surface area (Å²) in [5.41, 5.74) is -0.330. The minimum absolute atomic E-state index is 0.0412. The number of aromatic nitrogens is 2. The van der Waals surface area contributed by atoms with Crippen LogP contribution in [0.15, 0.2) is 18.3 Å². The van der Waals surface area contributed by atoms with Crippen molar-refractivity contribution in [3.63, 3.8) is 0 Å². The summed E-state index contributed by atoms with van der Waals surface area (Å²) in [6, 6.07) is 2.81. The predicted molar refractivity (Wildman–Crippen MR) is 54.1 cm³/mol. The van der Waals surface area contributed by atoms with Gasteiger partial charge in [0.2, 0.25) is 0 Å². The average Bonchev–Trinajstić information content (AvgIpc) is 2.60. The second-order valence-corrected chi connectivity index (χ2v) is 3.38. The first kappa shape index (κ1) is 10.4. The molecule has 2 N–H and O–H groups in total. The molecule has 6 nitrogen and oxygen atoms in total. The smallest absolute Gasteiger partial charge is 0.354 e. The molecular weight excluding hydrogens is 236 g/mol. The Balaban J connectivity index is 2.93. The number of carboxylic acid groups (broad SMARTS) is 2. The normalized spacial score (nSPS) is 10.6. The average molecular weight is 241 g/mol. The molecule has 2 aromatic heterocycles. The van der Waals surface area contributed by atoms with Gasteiger partial charge >= 0.3 is 11.9 Å². The fourth-order valence-corrected chi connectivity index (χ4v) is 1.63. The fourth-order valence-electron chi connectivity index (χ4n) is 1.40. The zero-order chi connectivity index (χ0) is 11.9. The molecule has 0 spiro atoms. The van der Waals surface area contributed by atoms with Crippen molar-refractivity contribution in [2.75, 3.05) is 0 Å².